The van der Waals surface area contributed by atoms with Gasteiger partial charge < -0.3 is 14.6 Å². The molecule has 6 heteroatoms. The van der Waals surface area contributed by atoms with Gasteiger partial charge in [0.25, 0.3) is 0 Å². The molecule has 0 saturated heterocycles. The summed E-state index contributed by atoms with van der Waals surface area (Å²) in [6.07, 6.45) is 5.72. The number of rotatable bonds is 7. The van der Waals surface area contributed by atoms with Crippen molar-refractivity contribution in [3.63, 3.8) is 0 Å². The monoisotopic (exact) mass is 336 g/mol. The molecule has 1 aromatic carbocycles. The Bertz CT molecular complexity index is 813. The maximum atomic E-state index is 12.1. The molecule has 3 rings (SSSR count). The van der Waals surface area contributed by atoms with Crippen LogP contribution in [0.15, 0.2) is 61.1 Å². The van der Waals surface area contributed by atoms with E-state index in [-0.39, 0.29) is 5.91 Å². The summed E-state index contributed by atoms with van der Waals surface area (Å²) in [7, 11) is 1.62. The fourth-order valence-corrected chi connectivity index (χ4v) is 2.52. The average molecular weight is 336 g/mol. The molecule has 0 unspecified atom stereocenters. The summed E-state index contributed by atoms with van der Waals surface area (Å²) < 4.78 is 7.10. The third kappa shape index (κ3) is 4.44. The van der Waals surface area contributed by atoms with E-state index in [1.54, 1.807) is 19.5 Å². The Morgan fingerprint density at radius 2 is 1.96 bits per heavy atom. The molecular formula is C19H20N4O2. The highest BCUT2D eigenvalue weighted by molar-refractivity contribution is 5.78. The van der Waals surface area contributed by atoms with Gasteiger partial charge in [-0.15, -0.1) is 0 Å². The van der Waals surface area contributed by atoms with E-state index in [0.29, 0.717) is 19.5 Å². The van der Waals surface area contributed by atoms with Gasteiger partial charge in [0.2, 0.25) is 5.91 Å². The maximum Gasteiger partial charge on any atom is 0.224 e. The molecule has 0 aliphatic carbocycles. The second-order valence-corrected chi connectivity index (χ2v) is 5.53. The zero-order valence-electron chi connectivity index (χ0n) is 14.1. The Morgan fingerprint density at radius 3 is 2.68 bits per heavy atom. The van der Waals surface area contributed by atoms with Crippen LogP contribution in [0.1, 0.15) is 5.56 Å². The summed E-state index contributed by atoms with van der Waals surface area (Å²) in [5.74, 6) is 1.57. The van der Waals surface area contributed by atoms with E-state index < -0.39 is 0 Å². The summed E-state index contributed by atoms with van der Waals surface area (Å²) in [4.78, 5) is 20.7. The van der Waals surface area contributed by atoms with Crippen LogP contribution in [0.25, 0.3) is 11.5 Å². The number of methoxy groups -OCH3 is 1. The molecule has 6 nitrogen and oxygen atoms in total. The standard InChI is InChI=1S/C19H20N4O2/c1-25-16-7-5-15(6-8-16)14-18(24)21-10-12-23-13-11-22-19(23)17-4-2-3-9-20-17/h2-9,11,13H,10,12,14H2,1H3,(H,21,24). The van der Waals surface area contributed by atoms with Gasteiger partial charge in [-0.2, -0.15) is 0 Å². The van der Waals surface area contributed by atoms with Gasteiger partial charge in [-0.05, 0) is 29.8 Å². The van der Waals surface area contributed by atoms with Crippen LogP contribution in [0, 0.1) is 0 Å². The lowest BCUT2D eigenvalue weighted by atomic mass is 10.1. The molecule has 3 aromatic rings. The molecule has 0 radical (unpaired) electrons. The van der Waals surface area contributed by atoms with E-state index in [9.17, 15) is 4.79 Å². The van der Waals surface area contributed by atoms with Crippen molar-refractivity contribution in [2.24, 2.45) is 0 Å². The van der Waals surface area contributed by atoms with Gasteiger partial charge in [0.05, 0.1) is 13.5 Å². The predicted molar refractivity (Wildman–Crippen MR) is 95.2 cm³/mol. The second-order valence-electron chi connectivity index (χ2n) is 5.53. The molecule has 0 aliphatic heterocycles. The largest absolute Gasteiger partial charge is 0.497 e. The van der Waals surface area contributed by atoms with Crippen molar-refractivity contribution < 1.29 is 9.53 Å². The van der Waals surface area contributed by atoms with Gasteiger partial charge in [0.1, 0.15) is 11.4 Å². The molecule has 0 fully saturated rings. The molecule has 0 saturated carbocycles. The minimum atomic E-state index is -0.00957. The Balaban J connectivity index is 1.51. The van der Waals surface area contributed by atoms with Crippen LogP contribution in [0.5, 0.6) is 5.75 Å². The molecule has 0 aliphatic rings. The van der Waals surface area contributed by atoms with E-state index in [0.717, 1.165) is 22.8 Å². The highest BCUT2D eigenvalue weighted by atomic mass is 16.5. The normalized spacial score (nSPS) is 10.4. The number of nitrogens with one attached hydrogen (secondary N) is 1. The lowest BCUT2D eigenvalue weighted by molar-refractivity contribution is -0.120. The number of benzene rings is 1. The highest BCUT2D eigenvalue weighted by Crippen LogP contribution is 2.13. The zero-order chi connectivity index (χ0) is 17.5. The van der Waals surface area contributed by atoms with Gasteiger partial charge in [0.15, 0.2) is 5.82 Å². The van der Waals surface area contributed by atoms with E-state index >= 15 is 0 Å². The predicted octanol–water partition coefficient (Wildman–Crippen LogP) is 2.31. The van der Waals surface area contributed by atoms with Crippen molar-refractivity contribution in [1.29, 1.82) is 0 Å². The first-order valence-electron chi connectivity index (χ1n) is 8.08. The number of hydrogen-bond donors (Lipinski definition) is 1. The van der Waals surface area contributed by atoms with Crippen LogP contribution in [0.2, 0.25) is 0 Å². The first kappa shape index (κ1) is 16.7. The fourth-order valence-electron chi connectivity index (χ4n) is 2.52. The Kier molecular flexibility index (Phi) is 5.41. The van der Waals surface area contributed by atoms with Crippen molar-refractivity contribution >= 4 is 5.91 Å². The highest BCUT2D eigenvalue weighted by Gasteiger charge is 2.07. The average Bonchev–Trinajstić information content (AvgIpc) is 3.11. The van der Waals surface area contributed by atoms with Crippen molar-refractivity contribution in [2.45, 2.75) is 13.0 Å². The number of carbonyl (C=O) groups excluding carboxylic acids is 1. The summed E-state index contributed by atoms with van der Waals surface area (Å²) in [5.41, 5.74) is 1.77. The minimum absolute atomic E-state index is 0.00957. The number of imidazole rings is 1. The van der Waals surface area contributed by atoms with Crippen molar-refractivity contribution in [3.05, 3.63) is 66.6 Å². The van der Waals surface area contributed by atoms with Crippen molar-refractivity contribution in [3.8, 4) is 17.3 Å². The van der Waals surface area contributed by atoms with E-state index in [4.69, 9.17) is 4.74 Å². The van der Waals surface area contributed by atoms with Gasteiger partial charge in [0, 0.05) is 31.7 Å². The summed E-state index contributed by atoms with van der Waals surface area (Å²) in [5, 5.41) is 2.94. The third-order valence-electron chi connectivity index (χ3n) is 3.81. The molecule has 128 valence electrons. The molecule has 25 heavy (non-hydrogen) atoms. The molecule has 0 bridgehead atoms. The molecule has 2 heterocycles. The van der Waals surface area contributed by atoms with E-state index in [1.807, 2.05) is 53.2 Å². The van der Waals surface area contributed by atoms with Crippen LogP contribution in [0.4, 0.5) is 0 Å². The number of nitrogens with zero attached hydrogens (tertiary/aromatic N) is 3. The lowest BCUT2D eigenvalue weighted by Crippen LogP contribution is -2.28. The molecular weight excluding hydrogens is 316 g/mol. The fraction of sp³-hybridized carbons (Fsp3) is 0.211. The third-order valence-corrected chi connectivity index (χ3v) is 3.81. The number of aromatic nitrogens is 3. The number of pyridine rings is 1. The minimum Gasteiger partial charge on any atom is -0.497 e. The van der Waals surface area contributed by atoms with Gasteiger partial charge in [-0.25, -0.2) is 4.98 Å². The Hall–Kier alpha value is -3.15. The first-order valence-corrected chi connectivity index (χ1v) is 8.08. The molecule has 0 atom stereocenters. The quantitative estimate of drug-likeness (QED) is 0.719. The Morgan fingerprint density at radius 1 is 1.12 bits per heavy atom. The van der Waals surface area contributed by atoms with Gasteiger partial charge >= 0.3 is 0 Å². The van der Waals surface area contributed by atoms with Crippen LogP contribution >= 0.6 is 0 Å². The van der Waals surface area contributed by atoms with E-state index in [2.05, 4.69) is 15.3 Å². The zero-order valence-corrected chi connectivity index (χ0v) is 14.1. The molecule has 2 aromatic heterocycles. The first-order chi connectivity index (χ1) is 12.3. The van der Waals surface area contributed by atoms with E-state index in [1.165, 1.54) is 0 Å². The smallest absolute Gasteiger partial charge is 0.224 e. The summed E-state index contributed by atoms with van der Waals surface area (Å²) in [6.45, 7) is 1.17. The van der Waals surface area contributed by atoms with Crippen LogP contribution in [-0.2, 0) is 17.8 Å². The summed E-state index contributed by atoms with van der Waals surface area (Å²) >= 11 is 0. The molecule has 1 amide bonds. The number of ether oxygens (including phenoxy) is 1. The van der Waals surface area contributed by atoms with Crippen molar-refractivity contribution in [1.82, 2.24) is 19.9 Å². The summed E-state index contributed by atoms with van der Waals surface area (Å²) in [6, 6.07) is 13.2. The van der Waals surface area contributed by atoms with Gasteiger partial charge in [-0.1, -0.05) is 18.2 Å². The maximum absolute atomic E-state index is 12.1. The topological polar surface area (TPSA) is 69.0 Å². The second kappa shape index (κ2) is 8.10. The van der Waals surface area contributed by atoms with Gasteiger partial charge in [-0.3, -0.25) is 9.78 Å². The van der Waals surface area contributed by atoms with Crippen LogP contribution < -0.4 is 10.1 Å². The molecule has 0 spiro atoms. The number of hydrogen-bond acceptors (Lipinski definition) is 4. The molecule has 1 N–H and O–H groups in total. The SMILES string of the molecule is COc1ccc(CC(=O)NCCn2ccnc2-c2ccccn2)cc1. The number of amides is 1. The van der Waals surface area contributed by atoms with Crippen LogP contribution in [-0.4, -0.2) is 34.1 Å². The van der Waals surface area contributed by atoms with Crippen LogP contribution in [0.3, 0.4) is 0 Å². The number of carbonyl (C=O) groups is 1. The Labute approximate surface area is 146 Å². The van der Waals surface area contributed by atoms with Crippen molar-refractivity contribution in [2.75, 3.05) is 13.7 Å². The lowest BCUT2D eigenvalue weighted by Gasteiger charge is -2.09.